The van der Waals surface area contributed by atoms with E-state index in [0.29, 0.717) is 17.2 Å². The smallest absolute Gasteiger partial charge is 0.386 e. The molecular weight excluding hydrogens is 383 g/mol. The molecular formula is C24H27O4P. The summed E-state index contributed by atoms with van der Waals surface area (Å²) in [5, 5.41) is 0. The van der Waals surface area contributed by atoms with Crippen molar-refractivity contribution in [2.75, 3.05) is 0 Å². The molecule has 0 aliphatic heterocycles. The Kier molecular flexibility index (Phi) is 6.04. The Hall–Kier alpha value is -2.71. The molecule has 29 heavy (non-hydrogen) atoms. The minimum Gasteiger partial charge on any atom is -0.386 e. The highest BCUT2D eigenvalue weighted by molar-refractivity contribution is 7.49. The molecule has 0 aromatic heterocycles. The van der Waals surface area contributed by atoms with Crippen LogP contribution in [0.4, 0.5) is 0 Å². The molecule has 152 valence electrons. The zero-order valence-electron chi connectivity index (χ0n) is 17.8. The second-order valence-electron chi connectivity index (χ2n) is 7.53. The maximum absolute atomic E-state index is 13.8. The lowest BCUT2D eigenvalue weighted by Crippen LogP contribution is -2.09. The largest absolute Gasteiger partial charge is 0.647 e. The number of hydrogen-bond acceptors (Lipinski definition) is 4. The van der Waals surface area contributed by atoms with E-state index in [2.05, 4.69) is 0 Å². The van der Waals surface area contributed by atoms with Gasteiger partial charge in [-0.15, -0.1) is 0 Å². The van der Waals surface area contributed by atoms with Crippen LogP contribution in [0.5, 0.6) is 17.2 Å². The second-order valence-corrected chi connectivity index (χ2v) is 8.97. The van der Waals surface area contributed by atoms with Crippen molar-refractivity contribution < 1.29 is 18.1 Å². The van der Waals surface area contributed by atoms with Crippen LogP contribution in [0.25, 0.3) is 0 Å². The van der Waals surface area contributed by atoms with Crippen molar-refractivity contribution in [3.05, 3.63) is 88.0 Å². The van der Waals surface area contributed by atoms with Gasteiger partial charge in [-0.1, -0.05) is 36.4 Å². The lowest BCUT2D eigenvalue weighted by Gasteiger charge is -2.22. The summed E-state index contributed by atoms with van der Waals surface area (Å²) >= 11 is 0. The minimum absolute atomic E-state index is 0.476. The number of benzene rings is 3. The van der Waals surface area contributed by atoms with Crippen LogP contribution in [0.1, 0.15) is 33.4 Å². The van der Waals surface area contributed by atoms with Crippen LogP contribution in [-0.4, -0.2) is 0 Å². The molecule has 5 heteroatoms. The topological polar surface area (TPSA) is 44.8 Å². The highest BCUT2D eigenvalue weighted by atomic mass is 31.2. The van der Waals surface area contributed by atoms with Gasteiger partial charge in [-0.2, -0.15) is 4.57 Å². The van der Waals surface area contributed by atoms with E-state index in [1.54, 1.807) is 0 Å². The van der Waals surface area contributed by atoms with E-state index >= 15 is 0 Å². The second kappa shape index (κ2) is 8.34. The summed E-state index contributed by atoms with van der Waals surface area (Å²) in [6, 6.07) is 17.2. The Bertz CT molecular complexity index is 952. The highest BCUT2D eigenvalue weighted by Gasteiger charge is 2.35. The van der Waals surface area contributed by atoms with E-state index in [1.165, 1.54) is 0 Å². The first-order valence-electron chi connectivity index (χ1n) is 9.56. The summed E-state index contributed by atoms with van der Waals surface area (Å²) in [6.45, 7) is 11.6. The molecule has 4 nitrogen and oxygen atoms in total. The molecule has 0 saturated heterocycles. The van der Waals surface area contributed by atoms with Crippen LogP contribution in [-0.2, 0) is 4.57 Å². The molecule has 0 aliphatic carbocycles. The monoisotopic (exact) mass is 410 g/mol. The van der Waals surface area contributed by atoms with Gasteiger partial charge in [0.15, 0.2) is 0 Å². The summed E-state index contributed by atoms with van der Waals surface area (Å²) in [4.78, 5) is 0. The number of phosphoric ester groups is 1. The average Bonchev–Trinajstić information content (AvgIpc) is 2.64. The third-order valence-corrected chi connectivity index (χ3v) is 5.92. The standard InChI is InChI=1S/C24H27O4P/c1-16-7-10-19(4)22(13-16)26-29(25,27-23-14-17(2)8-11-20(23)5)28-24-15-18(3)9-12-21(24)6/h7-15H,1-6H3. The van der Waals surface area contributed by atoms with Crippen molar-refractivity contribution in [3.8, 4) is 17.2 Å². The molecule has 3 aromatic carbocycles. The normalized spacial score (nSPS) is 11.2. The molecule has 0 unspecified atom stereocenters. The van der Waals surface area contributed by atoms with Crippen molar-refractivity contribution >= 4 is 7.82 Å². The van der Waals surface area contributed by atoms with Gasteiger partial charge in [-0.25, -0.2) is 0 Å². The van der Waals surface area contributed by atoms with Crippen molar-refractivity contribution in [1.82, 2.24) is 0 Å². The molecule has 0 saturated carbocycles. The fourth-order valence-corrected chi connectivity index (χ4v) is 4.26. The zero-order chi connectivity index (χ0) is 21.2. The first-order valence-corrected chi connectivity index (χ1v) is 11.0. The summed E-state index contributed by atoms with van der Waals surface area (Å²) in [6.07, 6.45) is 0. The molecule has 0 amide bonds. The lowest BCUT2D eigenvalue weighted by atomic mass is 10.1. The Morgan fingerprint density at radius 2 is 0.793 bits per heavy atom. The predicted octanol–water partition coefficient (Wildman–Crippen LogP) is 7.18. The highest BCUT2D eigenvalue weighted by Crippen LogP contribution is 2.51. The van der Waals surface area contributed by atoms with Gasteiger partial charge < -0.3 is 13.6 Å². The molecule has 3 aromatic rings. The molecule has 0 heterocycles. The van der Waals surface area contributed by atoms with E-state index in [4.69, 9.17) is 13.6 Å². The van der Waals surface area contributed by atoms with Gasteiger partial charge in [0, 0.05) is 0 Å². The Balaban J connectivity index is 2.04. The summed E-state index contributed by atoms with van der Waals surface area (Å²) in [5.74, 6) is 1.43. The van der Waals surface area contributed by atoms with Gasteiger partial charge in [0.25, 0.3) is 0 Å². The van der Waals surface area contributed by atoms with Gasteiger partial charge in [0.1, 0.15) is 17.2 Å². The van der Waals surface area contributed by atoms with Crippen molar-refractivity contribution in [2.24, 2.45) is 0 Å². The Morgan fingerprint density at radius 1 is 0.517 bits per heavy atom. The van der Waals surface area contributed by atoms with Crippen LogP contribution in [0.15, 0.2) is 54.6 Å². The number of hydrogen-bond donors (Lipinski definition) is 0. The van der Waals surface area contributed by atoms with Gasteiger partial charge in [0.2, 0.25) is 0 Å². The van der Waals surface area contributed by atoms with Gasteiger partial charge in [-0.05, 0) is 93.1 Å². The molecule has 0 atom stereocenters. The lowest BCUT2D eigenvalue weighted by molar-refractivity contribution is 0.296. The molecule has 0 spiro atoms. The first kappa shape index (κ1) is 21.0. The van der Waals surface area contributed by atoms with E-state index in [0.717, 1.165) is 33.4 Å². The minimum atomic E-state index is -4.03. The van der Waals surface area contributed by atoms with Gasteiger partial charge in [0.05, 0.1) is 0 Å². The third-order valence-electron chi connectivity index (χ3n) is 4.66. The quantitative estimate of drug-likeness (QED) is 0.404. The van der Waals surface area contributed by atoms with Crippen LogP contribution in [0.2, 0.25) is 0 Å². The maximum atomic E-state index is 13.8. The number of rotatable bonds is 6. The van der Waals surface area contributed by atoms with Crippen LogP contribution in [0, 0.1) is 41.5 Å². The van der Waals surface area contributed by atoms with E-state index < -0.39 is 7.82 Å². The van der Waals surface area contributed by atoms with E-state index in [1.807, 2.05) is 96.1 Å². The molecule has 0 bridgehead atoms. The number of aryl methyl sites for hydroxylation is 6. The van der Waals surface area contributed by atoms with Crippen molar-refractivity contribution in [2.45, 2.75) is 41.5 Å². The predicted molar refractivity (Wildman–Crippen MR) is 117 cm³/mol. The van der Waals surface area contributed by atoms with Crippen LogP contribution >= 0.6 is 7.82 Å². The maximum Gasteiger partial charge on any atom is 0.647 e. The van der Waals surface area contributed by atoms with Crippen LogP contribution < -0.4 is 13.6 Å². The van der Waals surface area contributed by atoms with Crippen molar-refractivity contribution in [3.63, 3.8) is 0 Å². The Labute approximate surface area is 173 Å². The fourth-order valence-electron chi connectivity index (χ4n) is 2.83. The van der Waals surface area contributed by atoms with Gasteiger partial charge in [-0.3, -0.25) is 0 Å². The van der Waals surface area contributed by atoms with E-state index in [-0.39, 0.29) is 0 Å². The van der Waals surface area contributed by atoms with E-state index in [9.17, 15) is 4.57 Å². The first-order chi connectivity index (χ1) is 13.6. The Morgan fingerprint density at radius 3 is 1.07 bits per heavy atom. The summed E-state index contributed by atoms with van der Waals surface area (Å²) in [7, 11) is -4.03. The summed E-state index contributed by atoms with van der Waals surface area (Å²) < 4.78 is 31.6. The molecule has 0 aliphatic rings. The van der Waals surface area contributed by atoms with Crippen LogP contribution in [0.3, 0.4) is 0 Å². The fraction of sp³-hybridized carbons (Fsp3) is 0.250. The molecule has 0 fully saturated rings. The molecule has 0 radical (unpaired) electrons. The van der Waals surface area contributed by atoms with Crippen molar-refractivity contribution in [1.29, 1.82) is 0 Å². The zero-order valence-corrected chi connectivity index (χ0v) is 18.7. The summed E-state index contributed by atoms with van der Waals surface area (Å²) in [5.41, 5.74) is 5.54. The average molecular weight is 410 g/mol. The molecule has 0 N–H and O–H groups in total. The molecule has 3 rings (SSSR count). The number of phosphoric acid groups is 1. The SMILES string of the molecule is Cc1ccc(C)c(OP(=O)(Oc2cc(C)ccc2C)Oc2cc(C)ccc2C)c1. The third kappa shape index (κ3) is 5.21. The van der Waals surface area contributed by atoms with Gasteiger partial charge >= 0.3 is 7.82 Å².